The third-order valence-corrected chi connectivity index (χ3v) is 4.44. The first-order chi connectivity index (χ1) is 9.45. The first-order valence-corrected chi connectivity index (χ1v) is 7.52. The van der Waals surface area contributed by atoms with E-state index in [0.717, 1.165) is 25.9 Å². The van der Waals surface area contributed by atoms with Crippen LogP contribution in [0.3, 0.4) is 0 Å². The van der Waals surface area contributed by atoms with Crippen molar-refractivity contribution in [2.24, 2.45) is 11.8 Å². The number of carbonyl (C=O) groups excluding carboxylic acids is 1. The zero-order valence-corrected chi connectivity index (χ0v) is 12.9. The van der Waals surface area contributed by atoms with Crippen LogP contribution in [0, 0.1) is 11.8 Å². The van der Waals surface area contributed by atoms with Gasteiger partial charge < -0.3 is 10.6 Å². The van der Waals surface area contributed by atoms with Crippen LogP contribution in [0.1, 0.15) is 44.9 Å². The molecule has 3 nitrogen and oxygen atoms in total. The Kier molecular flexibility index (Phi) is 7.27. The van der Waals surface area contributed by atoms with Crippen LogP contribution in [0.25, 0.3) is 0 Å². The van der Waals surface area contributed by atoms with Crippen LogP contribution < -0.4 is 10.6 Å². The molecule has 1 saturated heterocycles. The van der Waals surface area contributed by atoms with Crippen molar-refractivity contribution in [2.75, 3.05) is 13.1 Å². The summed E-state index contributed by atoms with van der Waals surface area (Å²) in [6, 6.07) is -0.301. The lowest BCUT2D eigenvalue weighted by molar-refractivity contribution is -0.184. The standard InChI is InChI=1S/C14H23F3N2O.ClH/c15-14(16,17)11-2-1-3-12(9-11)19-13(20)8-10-4-6-18-7-5-10;/h10-12,18H,1-9H2,(H,19,20);1H. The summed E-state index contributed by atoms with van der Waals surface area (Å²) in [5, 5.41) is 6.04. The Morgan fingerprint density at radius 1 is 1.14 bits per heavy atom. The van der Waals surface area contributed by atoms with Crippen molar-refractivity contribution in [2.45, 2.75) is 57.2 Å². The highest BCUT2D eigenvalue weighted by atomic mass is 35.5. The molecule has 1 aliphatic heterocycles. The van der Waals surface area contributed by atoms with E-state index in [2.05, 4.69) is 10.6 Å². The summed E-state index contributed by atoms with van der Waals surface area (Å²) in [6.45, 7) is 1.86. The van der Waals surface area contributed by atoms with Crippen LogP contribution >= 0.6 is 12.4 Å². The van der Waals surface area contributed by atoms with Gasteiger partial charge in [0, 0.05) is 12.5 Å². The van der Waals surface area contributed by atoms with Crippen LogP contribution in [-0.2, 0) is 4.79 Å². The van der Waals surface area contributed by atoms with E-state index < -0.39 is 12.1 Å². The van der Waals surface area contributed by atoms with Gasteiger partial charge in [0.1, 0.15) is 0 Å². The van der Waals surface area contributed by atoms with E-state index >= 15 is 0 Å². The highest BCUT2D eigenvalue weighted by Crippen LogP contribution is 2.37. The zero-order valence-electron chi connectivity index (χ0n) is 12.0. The van der Waals surface area contributed by atoms with Crippen molar-refractivity contribution in [3.63, 3.8) is 0 Å². The summed E-state index contributed by atoms with van der Waals surface area (Å²) in [5.74, 6) is -0.955. The summed E-state index contributed by atoms with van der Waals surface area (Å²) in [4.78, 5) is 11.9. The van der Waals surface area contributed by atoms with Crippen molar-refractivity contribution >= 4 is 18.3 Å². The molecule has 1 saturated carbocycles. The second-order valence-corrected chi connectivity index (χ2v) is 6.07. The smallest absolute Gasteiger partial charge is 0.353 e. The van der Waals surface area contributed by atoms with E-state index in [1.54, 1.807) is 0 Å². The van der Waals surface area contributed by atoms with Crippen molar-refractivity contribution < 1.29 is 18.0 Å². The number of hydrogen-bond acceptors (Lipinski definition) is 2. The maximum absolute atomic E-state index is 12.7. The maximum atomic E-state index is 12.7. The predicted octanol–water partition coefficient (Wildman–Crippen LogP) is 3.04. The molecule has 2 fully saturated rings. The van der Waals surface area contributed by atoms with Crippen molar-refractivity contribution in [1.29, 1.82) is 0 Å². The Hall–Kier alpha value is -0.490. The average Bonchev–Trinajstić information content (AvgIpc) is 2.39. The number of halogens is 4. The number of nitrogens with one attached hydrogen (secondary N) is 2. The van der Waals surface area contributed by atoms with Crippen LogP contribution in [0.5, 0.6) is 0 Å². The van der Waals surface area contributed by atoms with Crippen LogP contribution in [0.15, 0.2) is 0 Å². The normalized spacial score (nSPS) is 27.8. The van der Waals surface area contributed by atoms with Crippen molar-refractivity contribution in [3.05, 3.63) is 0 Å². The predicted molar refractivity (Wildman–Crippen MR) is 77.4 cm³/mol. The van der Waals surface area contributed by atoms with Gasteiger partial charge in [-0.25, -0.2) is 0 Å². The topological polar surface area (TPSA) is 41.1 Å². The lowest BCUT2D eigenvalue weighted by atomic mass is 9.85. The molecule has 2 unspecified atom stereocenters. The third kappa shape index (κ3) is 6.02. The van der Waals surface area contributed by atoms with Gasteiger partial charge in [0.25, 0.3) is 0 Å². The van der Waals surface area contributed by atoms with Gasteiger partial charge in [-0.15, -0.1) is 12.4 Å². The molecule has 2 rings (SSSR count). The molecule has 124 valence electrons. The number of piperidine rings is 1. The summed E-state index contributed by atoms with van der Waals surface area (Å²) in [6.07, 6.45) is -0.265. The molecule has 0 radical (unpaired) electrons. The van der Waals surface area contributed by atoms with Gasteiger partial charge in [0.2, 0.25) is 5.91 Å². The van der Waals surface area contributed by atoms with E-state index in [-0.39, 0.29) is 37.2 Å². The maximum Gasteiger partial charge on any atom is 0.391 e. The van der Waals surface area contributed by atoms with E-state index in [9.17, 15) is 18.0 Å². The molecule has 1 heterocycles. The molecule has 2 N–H and O–H groups in total. The van der Waals surface area contributed by atoms with Gasteiger partial charge in [0.05, 0.1) is 5.92 Å². The Labute approximate surface area is 129 Å². The minimum atomic E-state index is -4.13. The van der Waals surface area contributed by atoms with E-state index in [4.69, 9.17) is 0 Å². The molecule has 2 atom stereocenters. The van der Waals surface area contributed by atoms with Crippen LogP contribution in [-0.4, -0.2) is 31.2 Å². The zero-order chi connectivity index (χ0) is 14.6. The Balaban J connectivity index is 0.00000220. The van der Waals surface area contributed by atoms with Gasteiger partial charge in [-0.05, 0) is 51.1 Å². The summed E-state index contributed by atoms with van der Waals surface area (Å²) >= 11 is 0. The lowest BCUT2D eigenvalue weighted by Crippen LogP contribution is -2.42. The van der Waals surface area contributed by atoms with Crippen LogP contribution in [0.2, 0.25) is 0 Å². The number of amides is 1. The second-order valence-electron chi connectivity index (χ2n) is 6.07. The molecule has 0 bridgehead atoms. The van der Waals surface area contributed by atoms with Crippen molar-refractivity contribution in [1.82, 2.24) is 10.6 Å². The molecule has 7 heteroatoms. The molecular weight excluding hydrogens is 305 g/mol. The molecule has 1 aliphatic carbocycles. The fourth-order valence-corrected chi connectivity index (χ4v) is 3.25. The fourth-order valence-electron chi connectivity index (χ4n) is 3.25. The molecule has 1 amide bonds. The third-order valence-electron chi connectivity index (χ3n) is 4.44. The number of hydrogen-bond donors (Lipinski definition) is 2. The number of carbonyl (C=O) groups is 1. The van der Waals surface area contributed by atoms with Gasteiger partial charge in [-0.1, -0.05) is 6.42 Å². The molecular formula is C14H24ClF3N2O. The summed E-state index contributed by atoms with van der Waals surface area (Å²) in [5.41, 5.74) is 0. The van der Waals surface area contributed by atoms with Gasteiger partial charge >= 0.3 is 6.18 Å². The molecule has 0 aromatic heterocycles. The Bertz CT molecular complexity index is 333. The Morgan fingerprint density at radius 3 is 2.43 bits per heavy atom. The first kappa shape index (κ1) is 18.6. The van der Waals surface area contributed by atoms with Crippen molar-refractivity contribution in [3.8, 4) is 0 Å². The first-order valence-electron chi connectivity index (χ1n) is 7.52. The van der Waals surface area contributed by atoms with E-state index in [0.29, 0.717) is 25.2 Å². The Morgan fingerprint density at radius 2 is 1.81 bits per heavy atom. The second kappa shape index (κ2) is 8.22. The highest BCUT2D eigenvalue weighted by molar-refractivity contribution is 5.85. The number of alkyl halides is 3. The monoisotopic (exact) mass is 328 g/mol. The number of rotatable bonds is 3. The molecule has 0 aromatic carbocycles. The highest BCUT2D eigenvalue weighted by Gasteiger charge is 2.42. The van der Waals surface area contributed by atoms with E-state index in [1.807, 2.05) is 0 Å². The SMILES string of the molecule is Cl.O=C(CC1CCNCC1)NC1CCCC(C(F)(F)F)C1. The lowest BCUT2D eigenvalue weighted by Gasteiger charge is -2.31. The minimum absolute atomic E-state index is 0. The molecule has 21 heavy (non-hydrogen) atoms. The minimum Gasteiger partial charge on any atom is -0.353 e. The average molecular weight is 329 g/mol. The summed E-state index contributed by atoms with van der Waals surface area (Å²) in [7, 11) is 0. The van der Waals surface area contributed by atoms with Crippen LogP contribution in [0.4, 0.5) is 13.2 Å². The fraction of sp³-hybridized carbons (Fsp3) is 0.929. The molecule has 0 spiro atoms. The van der Waals surface area contributed by atoms with Gasteiger partial charge in [-0.2, -0.15) is 13.2 Å². The molecule has 0 aromatic rings. The molecule has 2 aliphatic rings. The quantitative estimate of drug-likeness (QED) is 0.836. The summed E-state index contributed by atoms with van der Waals surface area (Å²) < 4.78 is 38.1. The largest absolute Gasteiger partial charge is 0.391 e. The van der Waals surface area contributed by atoms with Gasteiger partial charge in [0.15, 0.2) is 0 Å². The van der Waals surface area contributed by atoms with E-state index in [1.165, 1.54) is 0 Å². The van der Waals surface area contributed by atoms with Gasteiger partial charge in [-0.3, -0.25) is 4.79 Å².